The van der Waals surface area contributed by atoms with E-state index in [4.69, 9.17) is 0 Å². The maximum atomic E-state index is 13.0. The molecule has 1 amide bonds. The Morgan fingerprint density at radius 2 is 1.67 bits per heavy atom. The minimum Gasteiger partial charge on any atom is -0.322 e. The number of carbonyl (C=O) groups excluding carboxylic acids is 1. The van der Waals surface area contributed by atoms with Crippen molar-refractivity contribution in [2.45, 2.75) is 22.4 Å². The maximum Gasteiger partial charge on any atom is 0.416 e. The Bertz CT molecular complexity index is 1190. The number of alkyl halides is 6. The molecule has 3 aromatic rings. The molecule has 33 heavy (non-hydrogen) atoms. The van der Waals surface area contributed by atoms with Gasteiger partial charge in [-0.15, -0.1) is 10.2 Å². The highest BCUT2D eigenvalue weighted by Gasteiger charge is 2.37. The number of halogens is 6. The van der Waals surface area contributed by atoms with Crippen LogP contribution in [0.15, 0.2) is 52.8 Å². The molecule has 0 unspecified atom stereocenters. The third-order valence-electron chi connectivity index (χ3n) is 4.13. The molecule has 0 bridgehead atoms. The van der Waals surface area contributed by atoms with Gasteiger partial charge in [0.05, 0.1) is 20.9 Å². The molecular formula is C18H11F6N5O3S. The van der Waals surface area contributed by atoms with Crippen molar-refractivity contribution < 1.29 is 36.1 Å². The van der Waals surface area contributed by atoms with Gasteiger partial charge < -0.3 is 9.88 Å². The number of nitrogens with zero attached hydrogens (tertiary/aromatic N) is 4. The normalized spacial score (nSPS) is 12.0. The van der Waals surface area contributed by atoms with E-state index in [0.29, 0.717) is 17.3 Å². The highest BCUT2D eigenvalue weighted by molar-refractivity contribution is 7.99. The van der Waals surface area contributed by atoms with Gasteiger partial charge >= 0.3 is 12.4 Å². The lowest BCUT2D eigenvalue weighted by Gasteiger charge is -2.15. The summed E-state index contributed by atoms with van der Waals surface area (Å²) in [5.41, 5.74) is -4.88. The SMILES string of the molecule is Cn1cnnc1Sc1ccc(C(=O)Nc2cc(C(F)(F)F)cc(C(F)(F)F)c2)cc1[N+](=O)[O-]. The van der Waals surface area contributed by atoms with Crippen molar-refractivity contribution in [3.05, 3.63) is 69.5 Å². The molecule has 0 saturated carbocycles. The van der Waals surface area contributed by atoms with Crippen LogP contribution in [-0.4, -0.2) is 25.6 Å². The smallest absolute Gasteiger partial charge is 0.322 e. The van der Waals surface area contributed by atoms with Crippen LogP contribution in [0.2, 0.25) is 0 Å². The van der Waals surface area contributed by atoms with E-state index in [2.05, 4.69) is 10.2 Å². The van der Waals surface area contributed by atoms with Crippen molar-refractivity contribution in [3.8, 4) is 0 Å². The number of nitro benzene ring substituents is 1. The lowest BCUT2D eigenvalue weighted by Crippen LogP contribution is -2.16. The number of anilines is 1. The largest absolute Gasteiger partial charge is 0.416 e. The van der Waals surface area contributed by atoms with E-state index < -0.39 is 45.7 Å². The molecular weight excluding hydrogens is 480 g/mol. The second kappa shape index (κ2) is 8.73. The van der Waals surface area contributed by atoms with Crippen LogP contribution in [-0.2, 0) is 19.4 Å². The Kier molecular flexibility index (Phi) is 6.35. The number of amides is 1. The average molecular weight is 491 g/mol. The summed E-state index contributed by atoms with van der Waals surface area (Å²) in [5.74, 6) is -1.14. The monoisotopic (exact) mass is 491 g/mol. The predicted octanol–water partition coefficient (Wildman–Crippen LogP) is 5.16. The first-order valence-corrected chi connectivity index (χ1v) is 9.48. The van der Waals surface area contributed by atoms with Crippen LogP contribution in [0.5, 0.6) is 0 Å². The van der Waals surface area contributed by atoms with Crippen LogP contribution < -0.4 is 5.32 Å². The number of nitrogens with one attached hydrogen (secondary N) is 1. The molecule has 0 spiro atoms. The van der Waals surface area contributed by atoms with Crippen LogP contribution in [0.25, 0.3) is 0 Å². The van der Waals surface area contributed by atoms with E-state index in [0.717, 1.165) is 23.9 Å². The number of rotatable bonds is 5. The summed E-state index contributed by atoms with van der Waals surface area (Å²) in [7, 11) is 1.60. The summed E-state index contributed by atoms with van der Waals surface area (Å²) in [6.07, 6.45) is -8.84. The van der Waals surface area contributed by atoms with Gasteiger partial charge in [-0.2, -0.15) is 26.3 Å². The first-order valence-electron chi connectivity index (χ1n) is 8.67. The minimum absolute atomic E-state index is 0.0843. The van der Waals surface area contributed by atoms with Crippen molar-refractivity contribution >= 4 is 29.0 Å². The van der Waals surface area contributed by atoms with Crippen LogP contribution in [0.3, 0.4) is 0 Å². The van der Waals surface area contributed by atoms with Gasteiger partial charge in [0.1, 0.15) is 6.33 Å². The van der Waals surface area contributed by atoms with Gasteiger partial charge in [0, 0.05) is 24.4 Å². The Hall–Kier alpha value is -3.62. The molecule has 0 radical (unpaired) electrons. The zero-order valence-corrected chi connectivity index (χ0v) is 17.0. The zero-order valence-electron chi connectivity index (χ0n) is 16.2. The Labute approximate surface area is 184 Å². The van der Waals surface area contributed by atoms with Crippen molar-refractivity contribution in [1.29, 1.82) is 0 Å². The molecule has 0 aliphatic heterocycles. The molecule has 0 aliphatic rings. The Balaban J connectivity index is 1.93. The summed E-state index contributed by atoms with van der Waals surface area (Å²) in [5, 5.41) is 21.1. The zero-order chi connectivity index (χ0) is 24.6. The van der Waals surface area contributed by atoms with Crippen molar-refractivity contribution in [1.82, 2.24) is 14.8 Å². The fourth-order valence-corrected chi connectivity index (χ4v) is 3.43. The first kappa shape index (κ1) is 24.0. The van der Waals surface area contributed by atoms with E-state index >= 15 is 0 Å². The molecule has 0 aliphatic carbocycles. The molecule has 2 aromatic carbocycles. The molecule has 8 nitrogen and oxygen atoms in total. The van der Waals surface area contributed by atoms with E-state index in [1.54, 1.807) is 7.05 Å². The molecule has 1 heterocycles. The molecule has 1 N–H and O–H groups in total. The molecule has 15 heteroatoms. The van der Waals surface area contributed by atoms with E-state index in [1.807, 2.05) is 5.32 Å². The van der Waals surface area contributed by atoms with Gasteiger partial charge in [0.25, 0.3) is 11.6 Å². The maximum absolute atomic E-state index is 13.0. The van der Waals surface area contributed by atoms with Crippen molar-refractivity contribution in [2.75, 3.05) is 5.32 Å². The summed E-state index contributed by atoms with van der Waals surface area (Å²) in [6.45, 7) is 0. The second-order valence-corrected chi connectivity index (χ2v) is 7.52. The van der Waals surface area contributed by atoms with E-state index in [1.165, 1.54) is 17.0 Å². The number of benzene rings is 2. The highest BCUT2D eigenvalue weighted by atomic mass is 32.2. The van der Waals surface area contributed by atoms with Crippen LogP contribution in [0.4, 0.5) is 37.7 Å². The molecule has 174 valence electrons. The third-order valence-corrected chi connectivity index (χ3v) is 5.25. The summed E-state index contributed by atoms with van der Waals surface area (Å²) < 4.78 is 79.5. The summed E-state index contributed by atoms with van der Waals surface area (Å²) >= 11 is 0.876. The number of carbonyl (C=O) groups is 1. The fourth-order valence-electron chi connectivity index (χ4n) is 2.58. The van der Waals surface area contributed by atoms with Crippen molar-refractivity contribution in [2.24, 2.45) is 7.05 Å². The minimum atomic E-state index is -5.10. The second-order valence-electron chi connectivity index (χ2n) is 6.51. The van der Waals surface area contributed by atoms with Gasteiger partial charge in [-0.1, -0.05) is 0 Å². The topological polar surface area (TPSA) is 103 Å². The van der Waals surface area contributed by atoms with Crippen LogP contribution in [0, 0.1) is 10.1 Å². The molecule has 1 aromatic heterocycles. The van der Waals surface area contributed by atoms with E-state index in [9.17, 15) is 41.3 Å². The lowest BCUT2D eigenvalue weighted by atomic mass is 10.1. The number of aromatic nitrogens is 3. The van der Waals surface area contributed by atoms with Crippen LogP contribution in [0.1, 0.15) is 21.5 Å². The summed E-state index contributed by atoms with van der Waals surface area (Å²) in [6, 6.07) is 3.78. The third kappa shape index (κ3) is 5.60. The van der Waals surface area contributed by atoms with Gasteiger partial charge in [-0.05, 0) is 42.1 Å². The average Bonchev–Trinajstić information content (AvgIpc) is 3.11. The van der Waals surface area contributed by atoms with Crippen molar-refractivity contribution in [3.63, 3.8) is 0 Å². The summed E-state index contributed by atoms with van der Waals surface area (Å²) in [4.78, 5) is 23.2. The molecule has 0 atom stereocenters. The quantitative estimate of drug-likeness (QED) is 0.300. The highest BCUT2D eigenvalue weighted by Crippen LogP contribution is 2.38. The Morgan fingerprint density at radius 3 is 2.15 bits per heavy atom. The van der Waals surface area contributed by atoms with E-state index in [-0.39, 0.29) is 16.5 Å². The predicted molar refractivity (Wildman–Crippen MR) is 103 cm³/mol. The van der Waals surface area contributed by atoms with Gasteiger partial charge in [-0.25, -0.2) is 0 Å². The van der Waals surface area contributed by atoms with Crippen LogP contribution >= 0.6 is 11.8 Å². The number of nitro groups is 1. The number of aryl methyl sites for hydroxylation is 1. The molecule has 3 rings (SSSR count). The number of hydrogen-bond acceptors (Lipinski definition) is 6. The Morgan fingerprint density at radius 1 is 1.06 bits per heavy atom. The fraction of sp³-hybridized carbons (Fsp3) is 0.167. The standard InChI is InChI=1S/C18H11F6N5O3S/c1-28-8-25-27-16(28)33-14-3-2-9(4-13(14)29(31)32)15(30)26-12-6-10(17(19,20)21)5-11(7-12)18(22,23)24/h2-8H,1H3,(H,26,30). The first-order chi connectivity index (χ1) is 15.3. The molecule has 0 saturated heterocycles. The van der Waals surface area contributed by atoms with Gasteiger partial charge in [-0.3, -0.25) is 14.9 Å². The number of hydrogen-bond donors (Lipinski definition) is 1. The van der Waals surface area contributed by atoms with Gasteiger partial charge in [0.15, 0.2) is 5.16 Å². The van der Waals surface area contributed by atoms with Gasteiger partial charge in [0.2, 0.25) is 0 Å². The lowest BCUT2D eigenvalue weighted by molar-refractivity contribution is -0.387. The molecule has 0 fully saturated rings.